The lowest BCUT2D eigenvalue weighted by Gasteiger charge is -2.20. The summed E-state index contributed by atoms with van der Waals surface area (Å²) in [6.07, 6.45) is 4.46. The Morgan fingerprint density at radius 1 is 0.896 bits per heavy atom. The molecule has 1 unspecified atom stereocenters. The molecule has 7 nitrogen and oxygen atoms in total. The molecule has 4 aromatic rings. The monoisotopic (exact) mass is 726 g/mol. The van der Waals surface area contributed by atoms with Crippen LogP contribution in [-0.4, -0.2) is 37.1 Å². The topological polar surface area (TPSA) is 113 Å². The van der Waals surface area contributed by atoms with E-state index in [9.17, 15) is 18.0 Å². The molecular weight excluding hydrogens is 691 g/mol. The number of carbonyl (C=O) groups excluding carboxylic acids is 2. The molecule has 0 spiro atoms. The minimum Gasteiger partial charge on any atom is -0.351 e. The van der Waals surface area contributed by atoms with Crippen LogP contribution in [0.2, 0.25) is 15.1 Å². The molecule has 1 atom stereocenters. The number of rotatable bonds is 11. The molecule has 252 valence electrons. The zero-order valence-electron chi connectivity index (χ0n) is 27.0. The smallest absolute Gasteiger partial charge is 0.266 e. The molecule has 4 aromatic carbocycles. The molecule has 0 saturated carbocycles. The molecule has 0 heterocycles. The molecule has 0 bridgehead atoms. The van der Waals surface area contributed by atoms with Crippen LogP contribution in [0.1, 0.15) is 59.3 Å². The standard InChI is InChI=1S/C37H37Cl3N2O5S/c1-23-19-29(38)13-14-30(23)28-21-32(39)34(33(40)22-28)42-36(44)31(26-9-5-24(6-10-26)15-16-37(2,3)4)20-25-7-11-27(12-8-25)35(43)41-17-18-48(45,46)47/h5-16,19,21-22,31H,17-18,20H2,1-4H3,(H,41,43)(H,42,44)(H,45,46,47). The maximum Gasteiger partial charge on any atom is 0.266 e. The molecular formula is C37H37Cl3N2O5S. The molecule has 11 heteroatoms. The lowest BCUT2D eigenvalue weighted by Crippen LogP contribution is -2.28. The number of nitrogens with one attached hydrogen (secondary N) is 2. The summed E-state index contributed by atoms with van der Waals surface area (Å²) in [5, 5.41) is 6.60. The van der Waals surface area contributed by atoms with E-state index in [2.05, 4.69) is 37.5 Å². The lowest BCUT2D eigenvalue weighted by atomic mass is 9.89. The number of hydrogen-bond donors (Lipinski definition) is 3. The fourth-order valence-corrected chi connectivity index (χ4v) is 6.15. The Bertz CT molecular complexity index is 1910. The van der Waals surface area contributed by atoms with Gasteiger partial charge in [0.1, 0.15) is 0 Å². The molecule has 0 fully saturated rings. The summed E-state index contributed by atoms with van der Waals surface area (Å²) in [4.78, 5) is 26.5. The highest BCUT2D eigenvalue weighted by atomic mass is 35.5. The second-order valence-corrected chi connectivity index (χ2v) is 15.4. The van der Waals surface area contributed by atoms with Crippen molar-refractivity contribution in [2.24, 2.45) is 5.41 Å². The first-order valence-corrected chi connectivity index (χ1v) is 17.9. The normalized spacial score (nSPS) is 12.6. The maximum absolute atomic E-state index is 14.0. The summed E-state index contributed by atoms with van der Waals surface area (Å²) < 4.78 is 30.8. The van der Waals surface area contributed by atoms with Crippen molar-refractivity contribution in [2.75, 3.05) is 17.6 Å². The average molecular weight is 728 g/mol. The quantitative estimate of drug-likeness (QED) is 0.133. The van der Waals surface area contributed by atoms with Crippen molar-refractivity contribution < 1.29 is 22.6 Å². The van der Waals surface area contributed by atoms with Crippen LogP contribution in [-0.2, 0) is 21.3 Å². The SMILES string of the molecule is Cc1cc(Cl)ccc1-c1cc(Cl)c(NC(=O)C(Cc2ccc(C(=O)NCCS(=O)(=O)O)cc2)c2ccc(C=CC(C)(C)C)cc2)c(Cl)c1. The first-order chi connectivity index (χ1) is 22.5. The molecule has 0 radical (unpaired) electrons. The average Bonchev–Trinajstić information content (AvgIpc) is 3.00. The fourth-order valence-electron chi connectivity index (χ4n) is 4.98. The third-order valence-electron chi connectivity index (χ3n) is 7.52. The van der Waals surface area contributed by atoms with Crippen molar-refractivity contribution >= 4 is 68.5 Å². The molecule has 0 aliphatic rings. The van der Waals surface area contributed by atoms with Crippen molar-refractivity contribution in [3.05, 3.63) is 128 Å². The van der Waals surface area contributed by atoms with Crippen molar-refractivity contribution in [3.63, 3.8) is 0 Å². The van der Waals surface area contributed by atoms with E-state index in [1.54, 1.807) is 42.5 Å². The van der Waals surface area contributed by atoms with E-state index in [1.807, 2.05) is 49.4 Å². The molecule has 4 rings (SSSR count). The van der Waals surface area contributed by atoms with Gasteiger partial charge in [0.25, 0.3) is 16.0 Å². The Kier molecular flexibility index (Phi) is 12.2. The predicted molar refractivity (Wildman–Crippen MR) is 197 cm³/mol. The van der Waals surface area contributed by atoms with E-state index in [0.29, 0.717) is 22.7 Å². The van der Waals surface area contributed by atoms with Crippen LogP contribution in [0.25, 0.3) is 17.2 Å². The number of benzene rings is 4. The Morgan fingerprint density at radius 3 is 2.08 bits per heavy atom. The van der Waals surface area contributed by atoms with Crippen LogP contribution in [0.5, 0.6) is 0 Å². The highest BCUT2D eigenvalue weighted by molar-refractivity contribution is 7.85. The van der Waals surface area contributed by atoms with Crippen LogP contribution in [0.15, 0.2) is 84.9 Å². The Labute approximate surface area is 297 Å². The summed E-state index contributed by atoms with van der Waals surface area (Å²) in [6, 6.07) is 23.5. The van der Waals surface area contributed by atoms with Crippen molar-refractivity contribution in [3.8, 4) is 11.1 Å². The van der Waals surface area contributed by atoms with Gasteiger partial charge in [-0.3, -0.25) is 14.1 Å². The third kappa shape index (κ3) is 10.7. The molecule has 0 saturated heterocycles. The van der Waals surface area contributed by atoms with Gasteiger partial charge in [0.2, 0.25) is 5.91 Å². The Morgan fingerprint density at radius 2 is 1.52 bits per heavy atom. The van der Waals surface area contributed by atoms with E-state index in [1.165, 1.54) is 0 Å². The van der Waals surface area contributed by atoms with Crippen LogP contribution in [0.3, 0.4) is 0 Å². The second kappa shape index (κ2) is 15.7. The van der Waals surface area contributed by atoms with E-state index in [-0.39, 0.29) is 27.9 Å². The van der Waals surface area contributed by atoms with E-state index in [4.69, 9.17) is 39.4 Å². The van der Waals surface area contributed by atoms with Gasteiger partial charge in [-0.1, -0.05) is 110 Å². The van der Waals surface area contributed by atoms with Gasteiger partial charge in [0.05, 0.1) is 27.4 Å². The number of allylic oxidation sites excluding steroid dienone is 1. The highest BCUT2D eigenvalue weighted by Gasteiger charge is 2.24. The summed E-state index contributed by atoms with van der Waals surface area (Å²) in [6.45, 7) is 8.06. The molecule has 0 aromatic heterocycles. The van der Waals surface area contributed by atoms with Crippen LogP contribution >= 0.6 is 34.8 Å². The van der Waals surface area contributed by atoms with Gasteiger partial charge in [-0.25, -0.2) is 0 Å². The fraction of sp³-hybridized carbons (Fsp3) is 0.243. The van der Waals surface area contributed by atoms with E-state index < -0.39 is 27.7 Å². The van der Waals surface area contributed by atoms with Gasteiger partial charge < -0.3 is 10.6 Å². The lowest BCUT2D eigenvalue weighted by molar-refractivity contribution is -0.117. The molecule has 0 aliphatic heterocycles. The second-order valence-electron chi connectivity index (χ2n) is 12.6. The van der Waals surface area contributed by atoms with Gasteiger partial charge in [0, 0.05) is 17.1 Å². The first kappa shape index (κ1) is 37.2. The molecule has 48 heavy (non-hydrogen) atoms. The van der Waals surface area contributed by atoms with Gasteiger partial charge in [-0.2, -0.15) is 8.42 Å². The number of carbonyl (C=O) groups is 2. The summed E-state index contributed by atoms with van der Waals surface area (Å²) in [7, 11) is -4.19. The van der Waals surface area contributed by atoms with Crippen LogP contribution in [0, 0.1) is 12.3 Å². The van der Waals surface area contributed by atoms with Gasteiger partial charge in [0.15, 0.2) is 0 Å². The number of amides is 2. The number of anilines is 1. The van der Waals surface area contributed by atoms with Crippen molar-refractivity contribution in [1.82, 2.24) is 5.32 Å². The number of aryl methyl sites for hydroxylation is 1. The van der Waals surface area contributed by atoms with Gasteiger partial charge >= 0.3 is 0 Å². The third-order valence-corrected chi connectivity index (χ3v) is 9.07. The highest BCUT2D eigenvalue weighted by Crippen LogP contribution is 2.38. The Hall–Kier alpha value is -3.66. The minimum absolute atomic E-state index is 0.0149. The van der Waals surface area contributed by atoms with Gasteiger partial charge in [-0.15, -0.1) is 0 Å². The summed E-state index contributed by atoms with van der Waals surface area (Å²) in [5.41, 5.74) is 5.82. The Balaban J connectivity index is 1.60. The van der Waals surface area contributed by atoms with Crippen LogP contribution < -0.4 is 10.6 Å². The molecule has 2 amide bonds. The predicted octanol–water partition coefficient (Wildman–Crippen LogP) is 9.26. The van der Waals surface area contributed by atoms with E-state index in [0.717, 1.165) is 33.4 Å². The molecule has 0 aliphatic carbocycles. The number of halogens is 3. The van der Waals surface area contributed by atoms with E-state index >= 15 is 0 Å². The largest absolute Gasteiger partial charge is 0.351 e. The first-order valence-electron chi connectivity index (χ1n) is 15.2. The zero-order valence-corrected chi connectivity index (χ0v) is 30.1. The zero-order chi connectivity index (χ0) is 35.2. The van der Waals surface area contributed by atoms with Crippen molar-refractivity contribution in [2.45, 2.75) is 40.0 Å². The van der Waals surface area contributed by atoms with Crippen molar-refractivity contribution in [1.29, 1.82) is 0 Å². The van der Waals surface area contributed by atoms with Gasteiger partial charge in [-0.05, 0) is 88.5 Å². The molecule has 3 N–H and O–H groups in total. The summed E-state index contributed by atoms with van der Waals surface area (Å²) in [5.74, 6) is -2.04. The van der Waals surface area contributed by atoms with Crippen LogP contribution in [0.4, 0.5) is 5.69 Å². The maximum atomic E-state index is 14.0. The number of hydrogen-bond acceptors (Lipinski definition) is 4. The summed E-state index contributed by atoms with van der Waals surface area (Å²) >= 11 is 19.5. The minimum atomic E-state index is -4.19.